The van der Waals surface area contributed by atoms with Crippen LogP contribution in [0.4, 0.5) is 0 Å². The predicted molar refractivity (Wildman–Crippen MR) is 94.7 cm³/mol. The third-order valence-corrected chi connectivity index (χ3v) is 5.19. The zero-order valence-corrected chi connectivity index (χ0v) is 15.8. The molecule has 0 radical (unpaired) electrons. The Morgan fingerprint density at radius 1 is 0.913 bits per heavy atom. The Bertz CT molecular complexity index is 369. The van der Waals surface area contributed by atoms with Crippen LogP contribution in [-0.4, -0.2) is 43.2 Å². The number of hydrogen-bond acceptors (Lipinski definition) is 6. The SMILES string of the molecule is CC1(CCC(C)(C)C(N)C(N)C(C)(C)C)OC(CN)C(CN)O1. The van der Waals surface area contributed by atoms with Crippen molar-refractivity contribution in [2.24, 2.45) is 33.8 Å². The summed E-state index contributed by atoms with van der Waals surface area (Å²) < 4.78 is 12.0. The summed E-state index contributed by atoms with van der Waals surface area (Å²) in [5.74, 6) is -0.656. The number of nitrogens with two attached hydrogens (primary N) is 4. The van der Waals surface area contributed by atoms with Gasteiger partial charge >= 0.3 is 0 Å². The summed E-state index contributed by atoms with van der Waals surface area (Å²) >= 11 is 0. The number of hydrogen-bond donors (Lipinski definition) is 4. The van der Waals surface area contributed by atoms with Gasteiger partial charge < -0.3 is 32.4 Å². The van der Waals surface area contributed by atoms with Crippen molar-refractivity contribution in [3.63, 3.8) is 0 Å². The molecule has 0 aliphatic carbocycles. The van der Waals surface area contributed by atoms with Gasteiger partial charge in [-0.25, -0.2) is 0 Å². The number of ether oxygens (including phenoxy) is 2. The van der Waals surface area contributed by atoms with Crippen molar-refractivity contribution in [2.75, 3.05) is 13.1 Å². The Hall–Kier alpha value is -0.240. The minimum atomic E-state index is -0.656. The molecule has 1 fully saturated rings. The van der Waals surface area contributed by atoms with Gasteiger partial charge in [-0.3, -0.25) is 0 Å². The van der Waals surface area contributed by atoms with Gasteiger partial charge in [0.25, 0.3) is 0 Å². The average molecular weight is 331 g/mol. The van der Waals surface area contributed by atoms with E-state index in [0.717, 1.165) is 12.8 Å². The summed E-state index contributed by atoms with van der Waals surface area (Å²) in [4.78, 5) is 0. The fourth-order valence-corrected chi connectivity index (χ4v) is 3.08. The standard InChI is InChI=1S/C17H38N4O2/c1-15(2,3)13(20)14(21)16(4,5)7-8-17(6)22-11(9-18)12(10-19)23-17/h11-14H,7-10,18-21H2,1-6H3. The van der Waals surface area contributed by atoms with E-state index < -0.39 is 5.79 Å². The van der Waals surface area contributed by atoms with E-state index in [1.54, 1.807) is 0 Å². The molecule has 1 aliphatic heterocycles. The van der Waals surface area contributed by atoms with E-state index >= 15 is 0 Å². The van der Waals surface area contributed by atoms with Crippen LogP contribution in [0.5, 0.6) is 0 Å². The van der Waals surface area contributed by atoms with Gasteiger partial charge in [-0.05, 0) is 24.2 Å². The normalized spacial score (nSPS) is 32.1. The van der Waals surface area contributed by atoms with E-state index in [-0.39, 0.29) is 35.1 Å². The van der Waals surface area contributed by atoms with E-state index in [1.165, 1.54) is 0 Å². The molecule has 4 unspecified atom stereocenters. The molecule has 4 atom stereocenters. The Labute approximate surface area is 141 Å². The van der Waals surface area contributed by atoms with Gasteiger partial charge in [0.1, 0.15) is 12.2 Å². The van der Waals surface area contributed by atoms with Crippen molar-refractivity contribution >= 4 is 0 Å². The van der Waals surface area contributed by atoms with Crippen LogP contribution in [0, 0.1) is 10.8 Å². The smallest absolute Gasteiger partial charge is 0.166 e. The van der Waals surface area contributed by atoms with Crippen molar-refractivity contribution in [3.05, 3.63) is 0 Å². The Morgan fingerprint density at radius 3 is 1.70 bits per heavy atom. The second-order valence-electron chi connectivity index (χ2n) is 8.82. The second-order valence-corrected chi connectivity index (χ2v) is 8.82. The van der Waals surface area contributed by atoms with E-state index in [2.05, 4.69) is 34.6 Å². The van der Waals surface area contributed by atoms with Gasteiger partial charge in [0.2, 0.25) is 0 Å². The minimum Gasteiger partial charge on any atom is -0.343 e. The Balaban J connectivity index is 2.69. The molecule has 6 heteroatoms. The maximum absolute atomic E-state index is 6.47. The number of rotatable bonds is 7. The van der Waals surface area contributed by atoms with E-state index in [1.807, 2.05) is 6.92 Å². The summed E-state index contributed by atoms with van der Waals surface area (Å²) in [6.07, 6.45) is 1.30. The molecule has 0 aromatic rings. The Morgan fingerprint density at radius 2 is 1.35 bits per heavy atom. The van der Waals surface area contributed by atoms with Crippen LogP contribution in [0.15, 0.2) is 0 Å². The first-order chi connectivity index (χ1) is 10.4. The third-order valence-electron chi connectivity index (χ3n) is 5.19. The van der Waals surface area contributed by atoms with Gasteiger partial charge in [0.05, 0.1) is 0 Å². The molecule has 0 amide bonds. The van der Waals surface area contributed by atoms with Crippen molar-refractivity contribution in [2.45, 2.75) is 84.5 Å². The lowest BCUT2D eigenvalue weighted by molar-refractivity contribution is -0.169. The quantitative estimate of drug-likeness (QED) is 0.550. The van der Waals surface area contributed by atoms with Crippen molar-refractivity contribution in [1.82, 2.24) is 0 Å². The topological polar surface area (TPSA) is 123 Å². The summed E-state index contributed by atoms with van der Waals surface area (Å²) in [5, 5.41) is 0. The van der Waals surface area contributed by atoms with Crippen LogP contribution < -0.4 is 22.9 Å². The highest BCUT2D eigenvalue weighted by molar-refractivity contribution is 4.96. The molecule has 8 N–H and O–H groups in total. The zero-order valence-electron chi connectivity index (χ0n) is 15.8. The van der Waals surface area contributed by atoms with E-state index in [0.29, 0.717) is 13.1 Å². The molecule has 6 nitrogen and oxygen atoms in total. The van der Waals surface area contributed by atoms with Crippen LogP contribution in [-0.2, 0) is 9.47 Å². The Kier molecular flexibility index (Phi) is 6.63. The molecule has 1 saturated heterocycles. The summed E-state index contributed by atoms with van der Waals surface area (Å²) in [6.45, 7) is 13.5. The third kappa shape index (κ3) is 5.11. The molecular formula is C17H38N4O2. The highest BCUT2D eigenvalue weighted by atomic mass is 16.8. The van der Waals surface area contributed by atoms with Gasteiger partial charge in [0, 0.05) is 31.6 Å². The fraction of sp³-hybridized carbons (Fsp3) is 1.00. The monoisotopic (exact) mass is 330 g/mol. The molecule has 0 aromatic carbocycles. The first kappa shape index (κ1) is 20.8. The highest BCUT2D eigenvalue weighted by Gasteiger charge is 2.45. The maximum Gasteiger partial charge on any atom is 0.166 e. The zero-order chi connectivity index (χ0) is 18.1. The van der Waals surface area contributed by atoms with Crippen molar-refractivity contribution < 1.29 is 9.47 Å². The average Bonchev–Trinajstić information content (AvgIpc) is 2.80. The van der Waals surface area contributed by atoms with E-state index in [9.17, 15) is 0 Å². The molecule has 0 spiro atoms. The van der Waals surface area contributed by atoms with Crippen LogP contribution in [0.3, 0.4) is 0 Å². The molecule has 0 aromatic heterocycles. The highest BCUT2D eigenvalue weighted by Crippen LogP contribution is 2.38. The van der Waals surface area contributed by atoms with Gasteiger partial charge in [-0.15, -0.1) is 0 Å². The van der Waals surface area contributed by atoms with Crippen molar-refractivity contribution in [3.8, 4) is 0 Å². The van der Waals surface area contributed by atoms with Crippen LogP contribution in [0.25, 0.3) is 0 Å². The maximum atomic E-state index is 6.47. The second kappa shape index (κ2) is 7.33. The first-order valence-electron chi connectivity index (χ1n) is 8.63. The van der Waals surface area contributed by atoms with Crippen LogP contribution in [0.2, 0.25) is 0 Å². The summed E-state index contributed by atoms with van der Waals surface area (Å²) in [7, 11) is 0. The first-order valence-corrected chi connectivity index (χ1v) is 8.63. The van der Waals surface area contributed by atoms with Crippen molar-refractivity contribution in [1.29, 1.82) is 0 Å². The molecule has 1 heterocycles. The summed E-state index contributed by atoms with van der Waals surface area (Å²) in [6, 6.07) is -0.188. The minimum absolute atomic E-state index is 0.0315. The predicted octanol–water partition coefficient (Wildman–Crippen LogP) is 0.911. The summed E-state index contributed by atoms with van der Waals surface area (Å²) in [5.41, 5.74) is 24.2. The molecule has 23 heavy (non-hydrogen) atoms. The molecule has 138 valence electrons. The molecular weight excluding hydrogens is 292 g/mol. The van der Waals surface area contributed by atoms with Crippen LogP contribution in [0.1, 0.15) is 54.4 Å². The molecule has 1 rings (SSSR count). The van der Waals surface area contributed by atoms with Gasteiger partial charge in [-0.1, -0.05) is 34.6 Å². The molecule has 0 saturated carbocycles. The van der Waals surface area contributed by atoms with E-state index in [4.69, 9.17) is 32.4 Å². The van der Waals surface area contributed by atoms with Gasteiger partial charge in [-0.2, -0.15) is 0 Å². The van der Waals surface area contributed by atoms with Crippen LogP contribution >= 0.6 is 0 Å². The molecule has 0 bridgehead atoms. The molecule has 1 aliphatic rings. The lowest BCUT2D eigenvalue weighted by atomic mass is 9.70. The largest absolute Gasteiger partial charge is 0.343 e. The van der Waals surface area contributed by atoms with Gasteiger partial charge in [0.15, 0.2) is 5.79 Å². The lowest BCUT2D eigenvalue weighted by Crippen LogP contribution is -2.56. The fourth-order valence-electron chi connectivity index (χ4n) is 3.08. The lowest BCUT2D eigenvalue weighted by Gasteiger charge is -2.42.